The smallest absolute Gasteiger partial charge is 0.475 e. The number of carbonyl (C=O) groups is 6. The van der Waals surface area contributed by atoms with Crippen LogP contribution in [-0.4, -0.2) is 105 Å². The van der Waals surface area contributed by atoms with E-state index in [9.17, 15) is 51.0 Å². The summed E-state index contributed by atoms with van der Waals surface area (Å²) < 4.78 is 67.9. The number of carboxylic acids is 1. The summed E-state index contributed by atoms with van der Waals surface area (Å²) in [6.07, 6.45) is -1.32. The van der Waals surface area contributed by atoms with Crippen LogP contribution in [0.4, 0.5) is 22.0 Å². The van der Waals surface area contributed by atoms with Crippen molar-refractivity contribution >= 4 is 35.6 Å². The first-order chi connectivity index (χ1) is 27.1. The molecule has 14 nitrogen and oxygen atoms in total. The molecule has 0 fully saturated rings. The number of nitrogens with zero attached hydrogens (tertiary/aromatic N) is 3. The molecule has 2 heterocycles. The molecule has 0 radical (unpaired) electrons. The molecule has 4 amide bonds. The number of aliphatic hydroxyl groups excluding tert-OH is 1. The minimum atomic E-state index is -5.08. The maximum absolute atomic E-state index is 15.0. The van der Waals surface area contributed by atoms with E-state index in [0.29, 0.717) is 17.8 Å². The summed E-state index contributed by atoms with van der Waals surface area (Å²) in [5.41, 5.74) is 7.51. The fourth-order valence-electron chi connectivity index (χ4n) is 5.90. The molecule has 1 aromatic heterocycles. The van der Waals surface area contributed by atoms with Gasteiger partial charge in [-0.15, -0.1) is 0 Å². The van der Waals surface area contributed by atoms with Crippen LogP contribution in [0, 0.1) is 17.0 Å². The predicted octanol–water partition coefficient (Wildman–Crippen LogP) is 3.71. The van der Waals surface area contributed by atoms with Gasteiger partial charge in [0.05, 0.1) is 25.0 Å². The molecule has 0 aliphatic carbocycles. The fraction of sp³-hybridized carbons (Fsp3) is 0.385. The van der Waals surface area contributed by atoms with Gasteiger partial charge in [0.25, 0.3) is 11.8 Å². The molecule has 314 valence electrons. The number of aliphatic carboxylic acids is 1. The zero-order chi connectivity index (χ0) is 43.4. The van der Waals surface area contributed by atoms with Crippen molar-refractivity contribution in [3.63, 3.8) is 0 Å². The molecule has 1 aliphatic rings. The minimum Gasteiger partial charge on any atom is -0.475 e. The third-order valence-electron chi connectivity index (χ3n) is 8.60. The summed E-state index contributed by atoms with van der Waals surface area (Å²) in [5, 5.41) is 19.7. The largest absolute Gasteiger partial charge is 0.490 e. The number of aromatic nitrogens is 1. The first-order valence-electron chi connectivity index (χ1n) is 17.8. The van der Waals surface area contributed by atoms with Crippen LogP contribution in [-0.2, 0) is 40.0 Å². The quantitative estimate of drug-likeness (QED) is 0.0938. The van der Waals surface area contributed by atoms with Crippen LogP contribution in [0.2, 0.25) is 0 Å². The standard InChI is InChI=1S/C37H43F2N5O7.C2HF3O2/c1-37(2,3)35(30-19-25(27-20-26(38)9-10-28(27)39)22-42(30)21-24-7-5-4-6-8-24)44(33(48)23-45)16-14-29(40)36(50)41-15-13-34(49)51-18-17-43-31(46)11-12-32(43)47;3-2(4,5)1(6)7/h4-12,19-20,22,29,35,45H,13-18,21,23,40H2,1-3H3,(H,41,50);(H,6,7)/t29-,35?;/m0./s1. The van der Waals surface area contributed by atoms with E-state index in [1.54, 1.807) is 12.3 Å². The molecule has 2 aromatic carbocycles. The van der Waals surface area contributed by atoms with Gasteiger partial charge >= 0.3 is 18.1 Å². The van der Waals surface area contributed by atoms with Gasteiger partial charge < -0.3 is 35.5 Å². The minimum absolute atomic E-state index is 0.00863. The summed E-state index contributed by atoms with van der Waals surface area (Å²) in [4.78, 5) is 72.8. The lowest BCUT2D eigenvalue weighted by Crippen LogP contribution is -2.47. The number of hydrogen-bond acceptors (Lipinski definition) is 9. The maximum atomic E-state index is 15.0. The second-order valence-electron chi connectivity index (χ2n) is 14.0. The first-order valence-corrected chi connectivity index (χ1v) is 17.8. The van der Waals surface area contributed by atoms with Crippen molar-refractivity contribution in [2.24, 2.45) is 11.1 Å². The summed E-state index contributed by atoms with van der Waals surface area (Å²) in [7, 11) is 0. The van der Waals surface area contributed by atoms with Crippen molar-refractivity contribution < 1.29 is 65.7 Å². The third-order valence-corrected chi connectivity index (χ3v) is 8.60. The number of esters is 1. The predicted molar refractivity (Wildman–Crippen MR) is 197 cm³/mol. The Balaban J connectivity index is 0.00000117. The van der Waals surface area contributed by atoms with E-state index >= 15 is 0 Å². The van der Waals surface area contributed by atoms with E-state index in [2.05, 4.69) is 5.32 Å². The highest BCUT2D eigenvalue weighted by Gasteiger charge is 2.39. The van der Waals surface area contributed by atoms with Gasteiger partial charge in [-0.05, 0) is 41.7 Å². The summed E-state index contributed by atoms with van der Waals surface area (Å²) >= 11 is 0. The van der Waals surface area contributed by atoms with Crippen LogP contribution >= 0.6 is 0 Å². The van der Waals surface area contributed by atoms with E-state index in [1.165, 1.54) is 4.90 Å². The Hall–Kier alpha value is -5.95. The highest BCUT2D eigenvalue weighted by molar-refractivity contribution is 6.12. The molecule has 19 heteroatoms. The molecule has 1 unspecified atom stereocenters. The number of hydrogen-bond donors (Lipinski definition) is 4. The highest BCUT2D eigenvalue weighted by Crippen LogP contribution is 2.41. The first kappa shape index (κ1) is 46.4. The van der Waals surface area contributed by atoms with Crippen LogP contribution in [0.15, 0.2) is 72.9 Å². The number of nitrogens with two attached hydrogens (primary N) is 1. The van der Waals surface area contributed by atoms with Gasteiger partial charge in [0, 0.05) is 54.8 Å². The summed E-state index contributed by atoms with van der Waals surface area (Å²) in [5.74, 6) is -6.82. The number of alkyl halides is 3. The number of aliphatic hydroxyl groups is 1. The van der Waals surface area contributed by atoms with E-state index in [-0.39, 0.29) is 44.6 Å². The van der Waals surface area contributed by atoms with Crippen LogP contribution in [0.1, 0.15) is 50.9 Å². The average molecular weight is 822 g/mol. The molecule has 5 N–H and O–H groups in total. The Labute approximate surface area is 330 Å². The van der Waals surface area contributed by atoms with E-state index < -0.39 is 77.5 Å². The average Bonchev–Trinajstić information content (AvgIpc) is 3.70. The second kappa shape index (κ2) is 20.5. The molecule has 0 saturated carbocycles. The van der Waals surface area contributed by atoms with Gasteiger partial charge in [-0.1, -0.05) is 51.1 Å². The van der Waals surface area contributed by atoms with Crippen molar-refractivity contribution in [1.82, 2.24) is 19.7 Å². The van der Waals surface area contributed by atoms with E-state index in [1.807, 2.05) is 55.7 Å². The molecule has 4 rings (SSSR count). The van der Waals surface area contributed by atoms with Gasteiger partial charge in [0.2, 0.25) is 11.8 Å². The molecule has 0 bridgehead atoms. The Morgan fingerprint density at radius 1 is 0.966 bits per heavy atom. The molecular formula is C39H44F5N5O9. The van der Waals surface area contributed by atoms with E-state index in [4.69, 9.17) is 20.4 Å². The lowest BCUT2D eigenvalue weighted by atomic mass is 9.82. The molecule has 58 heavy (non-hydrogen) atoms. The van der Waals surface area contributed by atoms with Crippen molar-refractivity contribution in [2.45, 2.75) is 58.4 Å². The van der Waals surface area contributed by atoms with Crippen molar-refractivity contribution in [3.05, 3.63) is 95.8 Å². The highest BCUT2D eigenvalue weighted by atomic mass is 19.4. The number of benzene rings is 2. The lowest BCUT2D eigenvalue weighted by Gasteiger charge is -2.41. The zero-order valence-corrected chi connectivity index (χ0v) is 31.8. The molecule has 2 atom stereocenters. The molecular weight excluding hydrogens is 777 g/mol. The third kappa shape index (κ3) is 13.3. The SMILES string of the molecule is CC(C)(C)C(c1cc(-c2cc(F)ccc2F)cn1Cc1ccccc1)N(CC[C@H](N)C(=O)NCCC(=O)OCCN1C(=O)C=CC1=O)C(=O)CO.O=C(O)C(F)(F)F. The number of amides is 4. The summed E-state index contributed by atoms with van der Waals surface area (Å²) in [6, 6.07) is 12.6. The number of imide groups is 1. The molecule has 3 aromatic rings. The normalized spacial score (nSPS) is 13.7. The number of carboxylic acid groups (broad SMARTS) is 1. The van der Waals surface area contributed by atoms with Crippen molar-refractivity contribution in [2.75, 3.05) is 32.8 Å². The zero-order valence-electron chi connectivity index (χ0n) is 31.8. The van der Waals surface area contributed by atoms with E-state index in [0.717, 1.165) is 40.8 Å². The van der Waals surface area contributed by atoms with Crippen LogP contribution in [0.5, 0.6) is 0 Å². The topological polar surface area (TPSA) is 202 Å². The van der Waals surface area contributed by atoms with Gasteiger partial charge in [0.15, 0.2) is 0 Å². The van der Waals surface area contributed by atoms with Gasteiger partial charge in [-0.2, -0.15) is 13.2 Å². The Kier molecular flexibility index (Phi) is 16.4. The van der Waals surface area contributed by atoms with Crippen molar-refractivity contribution in [1.29, 1.82) is 0 Å². The monoisotopic (exact) mass is 821 g/mol. The maximum Gasteiger partial charge on any atom is 0.490 e. The fourth-order valence-corrected chi connectivity index (χ4v) is 5.90. The van der Waals surface area contributed by atoms with Crippen LogP contribution in [0.25, 0.3) is 11.1 Å². The van der Waals surface area contributed by atoms with Crippen LogP contribution < -0.4 is 11.1 Å². The molecule has 0 saturated heterocycles. The van der Waals surface area contributed by atoms with Gasteiger partial charge in [0.1, 0.15) is 24.8 Å². The van der Waals surface area contributed by atoms with Crippen LogP contribution in [0.3, 0.4) is 0 Å². The lowest BCUT2D eigenvalue weighted by molar-refractivity contribution is -0.192. The Bertz CT molecular complexity index is 1960. The molecule has 1 aliphatic heterocycles. The Morgan fingerprint density at radius 2 is 1.59 bits per heavy atom. The molecule has 0 spiro atoms. The summed E-state index contributed by atoms with van der Waals surface area (Å²) in [6.45, 7) is 4.82. The van der Waals surface area contributed by atoms with Gasteiger partial charge in [-0.3, -0.25) is 28.9 Å². The number of ether oxygens (including phenoxy) is 1. The number of carbonyl (C=O) groups excluding carboxylic acids is 5. The second-order valence-corrected chi connectivity index (χ2v) is 14.0. The number of rotatable bonds is 16. The van der Waals surface area contributed by atoms with Crippen molar-refractivity contribution in [3.8, 4) is 11.1 Å². The Morgan fingerprint density at radius 3 is 2.16 bits per heavy atom. The number of halogens is 5. The number of nitrogens with one attached hydrogen (secondary N) is 1. The van der Waals surface area contributed by atoms with Gasteiger partial charge in [-0.25, -0.2) is 13.6 Å².